The number of esters is 1. The molecule has 24 heavy (non-hydrogen) atoms. The van der Waals surface area contributed by atoms with Gasteiger partial charge in [0.15, 0.2) is 5.16 Å². The minimum atomic E-state index is -0.342. The molecule has 0 amide bonds. The lowest BCUT2D eigenvalue weighted by Gasteiger charge is -2.05. The van der Waals surface area contributed by atoms with E-state index >= 15 is 0 Å². The summed E-state index contributed by atoms with van der Waals surface area (Å²) in [5.74, 6) is 1.32. The van der Waals surface area contributed by atoms with Crippen molar-refractivity contribution in [3.05, 3.63) is 47.3 Å². The number of methoxy groups -OCH3 is 1. The molecular weight excluding hydrogens is 324 g/mol. The van der Waals surface area contributed by atoms with Crippen molar-refractivity contribution in [3.8, 4) is 5.75 Å². The van der Waals surface area contributed by atoms with Crippen LogP contribution in [0.1, 0.15) is 23.9 Å². The Kier molecular flexibility index (Phi) is 6.49. The van der Waals surface area contributed by atoms with Crippen molar-refractivity contribution in [2.75, 3.05) is 13.7 Å². The van der Waals surface area contributed by atoms with Crippen LogP contribution in [0.15, 0.2) is 35.5 Å². The molecule has 0 atom stereocenters. The van der Waals surface area contributed by atoms with Crippen LogP contribution in [0.4, 0.5) is 0 Å². The average molecular weight is 346 g/mol. The number of carbonyl (C=O) groups excluding carboxylic acids is 1. The first-order valence-electron chi connectivity index (χ1n) is 7.69. The molecular formula is C18H22N2O3S. The highest BCUT2D eigenvalue weighted by atomic mass is 32.2. The summed E-state index contributed by atoms with van der Waals surface area (Å²) < 4.78 is 12.1. The van der Waals surface area contributed by atoms with Crippen LogP contribution in [0.5, 0.6) is 5.75 Å². The molecule has 0 aliphatic rings. The van der Waals surface area contributed by atoms with Gasteiger partial charge < -0.3 is 14.0 Å². The highest BCUT2D eigenvalue weighted by molar-refractivity contribution is 7.98. The van der Waals surface area contributed by atoms with E-state index < -0.39 is 0 Å². The molecule has 0 saturated heterocycles. The number of hydrogen-bond donors (Lipinski definition) is 0. The van der Waals surface area contributed by atoms with E-state index in [1.807, 2.05) is 42.8 Å². The van der Waals surface area contributed by atoms with Crippen LogP contribution < -0.4 is 4.74 Å². The maximum Gasteiger partial charge on any atom is 0.330 e. The predicted molar refractivity (Wildman–Crippen MR) is 96.2 cm³/mol. The predicted octanol–water partition coefficient (Wildman–Crippen LogP) is 3.61. The van der Waals surface area contributed by atoms with Gasteiger partial charge in [-0.2, -0.15) is 0 Å². The number of benzene rings is 1. The summed E-state index contributed by atoms with van der Waals surface area (Å²) in [5.41, 5.74) is 2.99. The zero-order valence-electron chi connectivity index (χ0n) is 14.4. The Hall–Kier alpha value is -2.21. The molecule has 2 rings (SSSR count). The van der Waals surface area contributed by atoms with Crippen molar-refractivity contribution in [1.82, 2.24) is 9.55 Å². The van der Waals surface area contributed by atoms with Gasteiger partial charge in [0.25, 0.3) is 0 Å². The Balaban J connectivity index is 2.06. The first kappa shape index (κ1) is 18.1. The molecule has 0 radical (unpaired) electrons. The lowest BCUT2D eigenvalue weighted by molar-refractivity contribution is -0.137. The molecule has 2 aromatic rings. The largest absolute Gasteiger partial charge is 0.497 e. The lowest BCUT2D eigenvalue weighted by atomic mass is 10.2. The van der Waals surface area contributed by atoms with Crippen LogP contribution in [-0.2, 0) is 22.3 Å². The average Bonchev–Trinajstić information content (AvgIpc) is 2.85. The number of rotatable bonds is 7. The quantitative estimate of drug-likeness (QED) is 0.435. The molecule has 5 nitrogen and oxygen atoms in total. The second-order valence-electron chi connectivity index (χ2n) is 5.15. The molecule has 0 fully saturated rings. The monoisotopic (exact) mass is 346 g/mol. The van der Waals surface area contributed by atoms with Gasteiger partial charge in [-0.05, 0) is 37.6 Å². The van der Waals surface area contributed by atoms with Crippen molar-refractivity contribution >= 4 is 23.8 Å². The van der Waals surface area contributed by atoms with Crippen molar-refractivity contribution < 1.29 is 14.3 Å². The summed E-state index contributed by atoms with van der Waals surface area (Å²) in [6.07, 6.45) is 3.18. The molecule has 1 aromatic heterocycles. The van der Waals surface area contributed by atoms with Crippen molar-refractivity contribution in [2.45, 2.75) is 24.8 Å². The van der Waals surface area contributed by atoms with Gasteiger partial charge in [0, 0.05) is 18.9 Å². The molecule has 128 valence electrons. The maximum absolute atomic E-state index is 11.5. The molecule has 1 aromatic carbocycles. The van der Waals surface area contributed by atoms with Gasteiger partial charge in [-0.3, -0.25) is 0 Å². The van der Waals surface area contributed by atoms with E-state index in [0.717, 1.165) is 28.0 Å². The van der Waals surface area contributed by atoms with Gasteiger partial charge in [0.1, 0.15) is 5.75 Å². The zero-order chi connectivity index (χ0) is 17.5. The van der Waals surface area contributed by atoms with E-state index in [4.69, 9.17) is 9.47 Å². The first-order chi connectivity index (χ1) is 11.5. The van der Waals surface area contributed by atoms with Crippen LogP contribution >= 0.6 is 11.8 Å². The summed E-state index contributed by atoms with van der Waals surface area (Å²) in [7, 11) is 3.60. The van der Waals surface area contributed by atoms with Gasteiger partial charge in [-0.25, -0.2) is 9.78 Å². The number of aromatic nitrogens is 2. The second kappa shape index (κ2) is 8.59. The number of thioether (sulfide) groups is 1. The van der Waals surface area contributed by atoms with Gasteiger partial charge in [0.05, 0.1) is 25.1 Å². The third kappa shape index (κ3) is 4.64. The number of imidazole rings is 1. The van der Waals surface area contributed by atoms with E-state index in [-0.39, 0.29) is 5.97 Å². The fourth-order valence-electron chi connectivity index (χ4n) is 2.19. The third-order valence-corrected chi connectivity index (χ3v) is 4.57. The molecule has 0 bridgehead atoms. The Morgan fingerprint density at radius 1 is 1.33 bits per heavy atom. The minimum Gasteiger partial charge on any atom is -0.497 e. The summed E-state index contributed by atoms with van der Waals surface area (Å²) in [5, 5.41) is 0.909. The zero-order valence-corrected chi connectivity index (χ0v) is 15.2. The summed E-state index contributed by atoms with van der Waals surface area (Å²) in [6.45, 7) is 4.09. The smallest absolute Gasteiger partial charge is 0.330 e. The number of ether oxygens (including phenoxy) is 2. The van der Waals surface area contributed by atoms with E-state index in [2.05, 4.69) is 4.98 Å². The van der Waals surface area contributed by atoms with Crippen LogP contribution in [0.2, 0.25) is 0 Å². The molecule has 0 aliphatic heterocycles. The Bertz CT molecular complexity index is 721. The van der Waals surface area contributed by atoms with Crippen LogP contribution in [0.3, 0.4) is 0 Å². The van der Waals surface area contributed by atoms with Gasteiger partial charge in [0.2, 0.25) is 0 Å². The molecule has 0 spiro atoms. The second-order valence-corrected chi connectivity index (χ2v) is 6.09. The number of aryl methyl sites for hydroxylation is 1. The van der Waals surface area contributed by atoms with Crippen LogP contribution in [0.25, 0.3) is 6.08 Å². The van der Waals surface area contributed by atoms with E-state index in [1.165, 1.54) is 11.6 Å². The summed E-state index contributed by atoms with van der Waals surface area (Å²) in [6, 6.07) is 7.99. The Morgan fingerprint density at radius 2 is 2.04 bits per heavy atom. The molecule has 1 heterocycles. The Labute approximate surface area is 146 Å². The number of nitrogens with zero attached hydrogens (tertiary/aromatic N) is 2. The maximum atomic E-state index is 11.5. The van der Waals surface area contributed by atoms with Crippen molar-refractivity contribution in [1.29, 1.82) is 0 Å². The molecule has 6 heteroatoms. The fourth-order valence-corrected chi connectivity index (χ4v) is 3.17. The van der Waals surface area contributed by atoms with E-state index in [1.54, 1.807) is 31.9 Å². The van der Waals surface area contributed by atoms with Gasteiger partial charge in [-0.1, -0.05) is 23.9 Å². The van der Waals surface area contributed by atoms with Crippen molar-refractivity contribution in [3.63, 3.8) is 0 Å². The van der Waals surface area contributed by atoms with Crippen LogP contribution in [0, 0.1) is 6.92 Å². The topological polar surface area (TPSA) is 53.4 Å². The standard InChI is InChI=1S/C18H22N2O3S/c1-5-23-17(21)11-10-16-13(2)19-18(20(16)3)24-12-14-6-8-15(22-4)9-7-14/h6-11H,5,12H2,1-4H3. The van der Waals surface area contributed by atoms with Gasteiger partial charge in [-0.15, -0.1) is 0 Å². The summed E-state index contributed by atoms with van der Waals surface area (Å²) in [4.78, 5) is 16.0. The number of hydrogen-bond acceptors (Lipinski definition) is 5. The SMILES string of the molecule is CCOC(=O)C=Cc1c(C)nc(SCc2ccc(OC)cc2)n1C. The lowest BCUT2D eigenvalue weighted by Crippen LogP contribution is -2.00. The molecule has 0 N–H and O–H groups in total. The van der Waals surface area contributed by atoms with Crippen LogP contribution in [-0.4, -0.2) is 29.2 Å². The van der Waals surface area contributed by atoms with E-state index in [9.17, 15) is 4.79 Å². The molecule has 0 unspecified atom stereocenters. The van der Waals surface area contributed by atoms with E-state index in [0.29, 0.717) is 6.61 Å². The highest BCUT2D eigenvalue weighted by Gasteiger charge is 2.10. The summed E-state index contributed by atoms with van der Waals surface area (Å²) >= 11 is 1.65. The molecule has 0 aliphatic carbocycles. The van der Waals surface area contributed by atoms with Crippen molar-refractivity contribution in [2.24, 2.45) is 7.05 Å². The number of carbonyl (C=O) groups is 1. The fraction of sp³-hybridized carbons (Fsp3) is 0.333. The minimum absolute atomic E-state index is 0.342. The third-order valence-electron chi connectivity index (χ3n) is 3.47. The highest BCUT2D eigenvalue weighted by Crippen LogP contribution is 2.25. The molecule has 0 saturated carbocycles. The normalized spacial score (nSPS) is 11.0. The first-order valence-corrected chi connectivity index (χ1v) is 8.67. The van der Waals surface area contributed by atoms with Gasteiger partial charge >= 0.3 is 5.97 Å². The Morgan fingerprint density at radius 3 is 2.67 bits per heavy atom.